The van der Waals surface area contributed by atoms with Crippen molar-refractivity contribution in [2.75, 3.05) is 6.26 Å². The molecule has 0 bridgehead atoms. The Bertz CT molecular complexity index is 87.7. The van der Waals surface area contributed by atoms with Crippen LogP contribution < -0.4 is 0 Å². The average molecular weight is 136 g/mol. The van der Waals surface area contributed by atoms with Crippen molar-refractivity contribution in [3.05, 3.63) is 12.3 Å². The first-order chi connectivity index (χ1) is 3.27. The molecule has 3 heteroatoms. The molecule has 0 saturated carbocycles. The van der Waals surface area contributed by atoms with Gasteiger partial charge in [-0.25, -0.2) is 0 Å². The Labute approximate surface area is 51.2 Å². The molecule has 0 aliphatic heterocycles. The second kappa shape index (κ2) is 4.27. The number of hydrogen-bond donors (Lipinski definition) is 0. The first-order valence-corrected chi connectivity index (χ1v) is 4.37. The molecular formula is C4H8OS2. The van der Waals surface area contributed by atoms with Gasteiger partial charge < -0.3 is 4.18 Å². The van der Waals surface area contributed by atoms with Gasteiger partial charge in [0, 0.05) is 6.26 Å². The van der Waals surface area contributed by atoms with Crippen molar-refractivity contribution in [1.29, 1.82) is 0 Å². The van der Waals surface area contributed by atoms with E-state index in [0.717, 1.165) is 0 Å². The van der Waals surface area contributed by atoms with E-state index in [0.29, 0.717) is 0 Å². The summed E-state index contributed by atoms with van der Waals surface area (Å²) in [7, 11) is -0.319. The van der Waals surface area contributed by atoms with Gasteiger partial charge >= 0.3 is 0 Å². The molecule has 0 N–H and O–H groups in total. The lowest BCUT2D eigenvalue weighted by molar-refractivity contribution is 0.562. The van der Waals surface area contributed by atoms with E-state index in [1.54, 1.807) is 6.26 Å². The highest BCUT2D eigenvalue weighted by Gasteiger charge is 1.71. The molecule has 1 nitrogen and oxygen atoms in total. The van der Waals surface area contributed by atoms with Crippen molar-refractivity contribution in [1.82, 2.24) is 0 Å². The molecular weight excluding hydrogens is 128 g/mol. The quantitative estimate of drug-likeness (QED) is 0.527. The minimum atomic E-state index is -0.319. The second-order valence-electron chi connectivity index (χ2n) is 0.967. The molecule has 0 spiro atoms. The predicted molar refractivity (Wildman–Crippen MR) is 36.6 cm³/mol. The Balaban J connectivity index is 3.14. The predicted octanol–water partition coefficient (Wildman–Crippen LogP) is 1.16. The van der Waals surface area contributed by atoms with Crippen molar-refractivity contribution in [3.8, 4) is 0 Å². The molecule has 0 amide bonds. The summed E-state index contributed by atoms with van der Waals surface area (Å²) in [6.07, 6.45) is 5.27. The van der Waals surface area contributed by atoms with E-state index < -0.39 is 0 Å². The van der Waals surface area contributed by atoms with Crippen LogP contribution in [0.3, 0.4) is 0 Å². The molecule has 0 saturated heterocycles. The summed E-state index contributed by atoms with van der Waals surface area (Å²) in [5, 5.41) is 0. The molecule has 0 unspecified atom stereocenters. The van der Waals surface area contributed by atoms with Gasteiger partial charge in [-0.1, -0.05) is 6.08 Å². The van der Waals surface area contributed by atoms with Crippen LogP contribution in [0.4, 0.5) is 0 Å². The van der Waals surface area contributed by atoms with E-state index in [1.165, 1.54) is 0 Å². The lowest BCUT2D eigenvalue weighted by Crippen LogP contribution is -1.80. The van der Waals surface area contributed by atoms with Crippen molar-refractivity contribution >= 4 is 20.9 Å². The van der Waals surface area contributed by atoms with Crippen LogP contribution in [0, 0.1) is 0 Å². The molecule has 0 aliphatic rings. The van der Waals surface area contributed by atoms with Gasteiger partial charge in [-0.3, -0.25) is 0 Å². The molecule has 0 aromatic carbocycles. The largest absolute Gasteiger partial charge is 0.432 e. The van der Waals surface area contributed by atoms with E-state index in [1.807, 2.05) is 19.3 Å². The SMILES string of the molecule is C/C=C\O[S@](C)=S. The number of rotatable bonds is 2. The number of allylic oxidation sites excluding steroid dienone is 1. The minimum Gasteiger partial charge on any atom is -0.432 e. The average Bonchev–Trinajstić information content (AvgIpc) is 1.61. The number of hydrogen-bond acceptors (Lipinski definition) is 2. The minimum absolute atomic E-state index is 0.319. The summed E-state index contributed by atoms with van der Waals surface area (Å²) >= 11 is 4.70. The smallest absolute Gasteiger partial charge is 0.0970 e. The van der Waals surface area contributed by atoms with E-state index >= 15 is 0 Å². The third-order valence-corrected chi connectivity index (χ3v) is 0.945. The summed E-state index contributed by atoms with van der Waals surface area (Å²) in [5.41, 5.74) is 0. The summed E-state index contributed by atoms with van der Waals surface area (Å²) in [6.45, 7) is 1.89. The molecule has 0 aromatic rings. The molecule has 0 rings (SSSR count). The van der Waals surface area contributed by atoms with Crippen LogP contribution in [-0.2, 0) is 25.1 Å². The summed E-state index contributed by atoms with van der Waals surface area (Å²) in [6, 6.07) is 0. The molecule has 1 atom stereocenters. The Morgan fingerprint density at radius 1 is 1.71 bits per heavy atom. The molecule has 0 radical (unpaired) electrons. The molecule has 0 aromatic heterocycles. The monoisotopic (exact) mass is 136 g/mol. The summed E-state index contributed by atoms with van der Waals surface area (Å²) < 4.78 is 4.85. The van der Waals surface area contributed by atoms with Gasteiger partial charge in [0.05, 0.1) is 16.0 Å². The molecule has 0 aliphatic carbocycles. The Morgan fingerprint density at radius 2 is 2.29 bits per heavy atom. The van der Waals surface area contributed by atoms with Crippen LogP contribution in [0.5, 0.6) is 0 Å². The van der Waals surface area contributed by atoms with Crippen LogP contribution in [0.2, 0.25) is 0 Å². The maximum absolute atomic E-state index is 4.85. The van der Waals surface area contributed by atoms with Crippen LogP contribution in [0.15, 0.2) is 12.3 Å². The van der Waals surface area contributed by atoms with Crippen molar-refractivity contribution in [2.24, 2.45) is 0 Å². The Kier molecular flexibility index (Phi) is 4.34. The standard InChI is InChI=1S/C4H8OS2/c1-3-4-5-7(2)6/h3-4H,1-2H3/b4-3-/t7-/m0/s1. The zero-order valence-electron chi connectivity index (χ0n) is 4.38. The van der Waals surface area contributed by atoms with Crippen molar-refractivity contribution < 1.29 is 4.18 Å². The first-order valence-electron chi connectivity index (χ1n) is 1.89. The third-order valence-electron chi connectivity index (χ3n) is 0.327. The van der Waals surface area contributed by atoms with Crippen molar-refractivity contribution in [3.63, 3.8) is 0 Å². The van der Waals surface area contributed by atoms with E-state index in [9.17, 15) is 0 Å². The van der Waals surface area contributed by atoms with Gasteiger partial charge in [0.15, 0.2) is 0 Å². The molecule has 0 fully saturated rings. The lowest BCUT2D eigenvalue weighted by atomic mass is 10.8. The van der Waals surface area contributed by atoms with Crippen LogP contribution >= 0.6 is 0 Å². The van der Waals surface area contributed by atoms with Gasteiger partial charge in [-0.2, -0.15) is 0 Å². The van der Waals surface area contributed by atoms with Crippen LogP contribution in [-0.4, -0.2) is 6.26 Å². The van der Waals surface area contributed by atoms with Crippen LogP contribution in [0.25, 0.3) is 0 Å². The van der Waals surface area contributed by atoms with Gasteiger partial charge in [0.1, 0.15) is 0 Å². The van der Waals surface area contributed by atoms with E-state index in [2.05, 4.69) is 0 Å². The van der Waals surface area contributed by atoms with Gasteiger partial charge in [-0.15, -0.1) is 0 Å². The lowest BCUT2D eigenvalue weighted by Gasteiger charge is -1.90. The maximum atomic E-state index is 4.85. The summed E-state index contributed by atoms with van der Waals surface area (Å²) in [5.74, 6) is 0. The van der Waals surface area contributed by atoms with E-state index in [-0.39, 0.29) is 9.74 Å². The molecule has 0 heterocycles. The molecule has 42 valence electrons. The summed E-state index contributed by atoms with van der Waals surface area (Å²) in [4.78, 5) is 0. The second-order valence-corrected chi connectivity index (χ2v) is 3.37. The first kappa shape index (κ1) is 7.11. The zero-order chi connectivity index (χ0) is 5.70. The molecule has 7 heavy (non-hydrogen) atoms. The van der Waals surface area contributed by atoms with Gasteiger partial charge in [-0.05, 0) is 18.1 Å². The third kappa shape index (κ3) is 6.11. The topological polar surface area (TPSA) is 9.23 Å². The fourth-order valence-corrected chi connectivity index (χ4v) is 0.537. The van der Waals surface area contributed by atoms with Gasteiger partial charge in [0.25, 0.3) is 0 Å². The van der Waals surface area contributed by atoms with Crippen LogP contribution in [0.1, 0.15) is 6.92 Å². The fourth-order valence-electron chi connectivity index (χ4n) is 0.134. The highest BCUT2D eigenvalue weighted by molar-refractivity contribution is 8.25. The van der Waals surface area contributed by atoms with Crippen molar-refractivity contribution in [2.45, 2.75) is 6.92 Å². The van der Waals surface area contributed by atoms with Gasteiger partial charge in [0.2, 0.25) is 0 Å². The zero-order valence-corrected chi connectivity index (χ0v) is 6.01. The Morgan fingerprint density at radius 3 is 2.43 bits per heavy atom. The highest BCUT2D eigenvalue weighted by Crippen LogP contribution is 1.79. The normalized spacial score (nSPS) is 14.6. The maximum Gasteiger partial charge on any atom is 0.0970 e. The Hall–Kier alpha value is 0.110. The highest BCUT2D eigenvalue weighted by atomic mass is 32.8. The van der Waals surface area contributed by atoms with E-state index in [4.69, 9.17) is 15.4 Å². The fraction of sp³-hybridized carbons (Fsp3) is 0.500.